The number of anilines is 2. The second-order valence-electron chi connectivity index (χ2n) is 8.59. The van der Waals surface area contributed by atoms with Crippen molar-refractivity contribution in [3.63, 3.8) is 0 Å². The molecule has 2 aromatic carbocycles. The minimum absolute atomic E-state index is 0.547. The molecule has 2 aromatic rings. The lowest BCUT2D eigenvalue weighted by molar-refractivity contribution is 0.840. The SMILES string of the molecule is CCc1ccc(C(C)C)c(CC)c1NCNc1c(CC)ccc(C(C)C)c1CC. The van der Waals surface area contributed by atoms with Gasteiger partial charge in [0, 0.05) is 11.4 Å². The van der Waals surface area contributed by atoms with E-state index in [0.717, 1.165) is 32.4 Å². The minimum Gasteiger partial charge on any atom is -0.367 e. The van der Waals surface area contributed by atoms with Crippen molar-refractivity contribution in [1.29, 1.82) is 0 Å². The van der Waals surface area contributed by atoms with Crippen LogP contribution in [-0.2, 0) is 25.7 Å². The Morgan fingerprint density at radius 2 is 0.966 bits per heavy atom. The van der Waals surface area contributed by atoms with Crippen LogP contribution in [0.5, 0.6) is 0 Å². The largest absolute Gasteiger partial charge is 0.367 e. The van der Waals surface area contributed by atoms with Gasteiger partial charge in [-0.3, -0.25) is 0 Å². The summed E-state index contributed by atoms with van der Waals surface area (Å²) < 4.78 is 0. The Labute approximate surface area is 179 Å². The monoisotopic (exact) mass is 394 g/mol. The fourth-order valence-electron chi connectivity index (χ4n) is 4.52. The van der Waals surface area contributed by atoms with Crippen molar-refractivity contribution in [3.05, 3.63) is 57.6 Å². The molecule has 2 N–H and O–H groups in total. The van der Waals surface area contributed by atoms with Gasteiger partial charge in [-0.05, 0) is 70.9 Å². The molecule has 0 unspecified atom stereocenters. The summed E-state index contributed by atoms with van der Waals surface area (Å²) in [5.74, 6) is 1.09. The fourth-order valence-corrected chi connectivity index (χ4v) is 4.52. The van der Waals surface area contributed by atoms with Gasteiger partial charge in [-0.15, -0.1) is 0 Å². The first kappa shape index (κ1) is 23.3. The summed E-state index contributed by atoms with van der Waals surface area (Å²) >= 11 is 0. The Bertz CT molecular complexity index is 735. The van der Waals surface area contributed by atoms with Crippen molar-refractivity contribution in [2.45, 2.75) is 92.9 Å². The second-order valence-corrected chi connectivity index (χ2v) is 8.59. The summed E-state index contributed by atoms with van der Waals surface area (Å²) in [5.41, 5.74) is 11.4. The van der Waals surface area contributed by atoms with E-state index >= 15 is 0 Å². The molecule has 0 amide bonds. The predicted octanol–water partition coefficient (Wildman–Crippen LogP) is 7.66. The third-order valence-electron chi connectivity index (χ3n) is 6.11. The normalized spacial score (nSPS) is 11.4. The van der Waals surface area contributed by atoms with E-state index < -0.39 is 0 Å². The van der Waals surface area contributed by atoms with Gasteiger partial charge in [0.2, 0.25) is 0 Å². The third kappa shape index (κ3) is 5.15. The summed E-state index contributed by atoms with van der Waals surface area (Å²) in [5, 5.41) is 7.54. The van der Waals surface area contributed by atoms with Crippen LogP contribution in [-0.4, -0.2) is 6.67 Å². The van der Waals surface area contributed by atoms with Gasteiger partial charge in [-0.1, -0.05) is 79.7 Å². The molecule has 0 aliphatic rings. The topological polar surface area (TPSA) is 24.1 Å². The number of nitrogens with one attached hydrogen (secondary N) is 2. The zero-order valence-corrected chi connectivity index (χ0v) is 20.0. The van der Waals surface area contributed by atoms with Gasteiger partial charge in [0.15, 0.2) is 0 Å². The van der Waals surface area contributed by atoms with E-state index in [0.29, 0.717) is 11.8 Å². The Morgan fingerprint density at radius 3 is 1.24 bits per heavy atom. The first-order chi connectivity index (χ1) is 13.9. The first-order valence-corrected chi connectivity index (χ1v) is 11.7. The predicted molar refractivity (Wildman–Crippen MR) is 131 cm³/mol. The van der Waals surface area contributed by atoms with Crippen LogP contribution < -0.4 is 10.6 Å². The Balaban J connectivity index is 2.35. The van der Waals surface area contributed by atoms with Crippen molar-refractivity contribution in [2.75, 3.05) is 17.3 Å². The van der Waals surface area contributed by atoms with Gasteiger partial charge < -0.3 is 10.6 Å². The fraction of sp³-hybridized carbons (Fsp3) is 0.556. The highest BCUT2D eigenvalue weighted by Gasteiger charge is 2.15. The molecule has 0 atom stereocenters. The first-order valence-electron chi connectivity index (χ1n) is 11.7. The standard InChI is InChI=1S/C27H42N2/c1-9-20-13-15-24(18(5)6)22(11-3)26(20)28-17-29-27-21(10-2)14-16-25(19(7)8)23(27)12-4/h13-16,18-19,28-29H,9-12,17H2,1-8H3. The van der Waals surface area contributed by atoms with Gasteiger partial charge in [0.05, 0.1) is 6.67 Å². The van der Waals surface area contributed by atoms with Crippen molar-refractivity contribution < 1.29 is 0 Å². The van der Waals surface area contributed by atoms with E-state index in [1.165, 1.54) is 44.8 Å². The van der Waals surface area contributed by atoms with Crippen LogP contribution in [0.25, 0.3) is 0 Å². The van der Waals surface area contributed by atoms with Crippen LogP contribution in [0.15, 0.2) is 24.3 Å². The molecule has 0 saturated heterocycles. The van der Waals surface area contributed by atoms with Crippen molar-refractivity contribution in [2.24, 2.45) is 0 Å². The molecule has 0 aliphatic heterocycles. The zero-order chi connectivity index (χ0) is 21.6. The zero-order valence-electron chi connectivity index (χ0n) is 20.0. The smallest absolute Gasteiger partial charge is 0.0849 e. The summed E-state index contributed by atoms with van der Waals surface area (Å²) in [7, 11) is 0. The van der Waals surface area contributed by atoms with Crippen molar-refractivity contribution >= 4 is 11.4 Å². The lowest BCUT2D eigenvalue weighted by Crippen LogP contribution is -2.18. The van der Waals surface area contributed by atoms with E-state index in [1.54, 1.807) is 0 Å². The molecular formula is C27H42N2. The molecule has 0 spiro atoms. The van der Waals surface area contributed by atoms with E-state index in [-0.39, 0.29) is 0 Å². The van der Waals surface area contributed by atoms with Gasteiger partial charge in [0.1, 0.15) is 0 Å². The molecule has 0 bridgehead atoms. The molecule has 0 aromatic heterocycles. The Morgan fingerprint density at radius 1 is 0.586 bits per heavy atom. The molecule has 0 fully saturated rings. The van der Waals surface area contributed by atoms with Crippen LogP contribution in [0.4, 0.5) is 11.4 Å². The highest BCUT2D eigenvalue weighted by molar-refractivity contribution is 5.64. The molecule has 29 heavy (non-hydrogen) atoms. The van der Waals surface area contributed by atoms with Crippen LogP contribution in [0.1, 0.15) is 101 Å². The lowest BCUT2D eigenvalue weighted by Gasteiger charge is -2.24. The summed E-state index contributed by atoms with van der Waals surface area (Å²) in [4.78, 5) is 0. The highest BCUT2D eigenvalue weighted by atomic mass is 15.1. The average molecular weight is 395 g/mol. The van der Waals surface area contributed by atoms with E-state index in [9.17, 15) is 0 Å². The molecule has 2 heteroatoms. The molecule has 0 saturated carbocycles. The highest BCUT2D eigenvalue weighted by Crippen LogP contribution is 2.32. The van der Waals surface area contributed by atoms with Gasteiger partial charge in [0.25, 0.3) is 0 Å². The van der Waals surface area contributed by atoms with E-state index in [4.69, 9.17) is 0 Å². The third-order valence-corrected chi connectivity index (χ3v) is 6.11. The summed E-state index contributed by atoms with van der Waals surface area (Å²) in [6, 6.07) is 9.28. The Hall–Kier alpha value is -1.96. The van der Waals surface area contributed by atoms with E-state index in [2.05, 4.69) is 90.3 Å². The summed E-state index contributed by atoms with van der Waals surface area (Å²) in [6.45, 7) is 19.0. The van der Waals surface area contributed by atoms with Gasteiger partial charge >= 0.3 is 0 Å². The minimum atomic E-state index is 0.547. The van der Waals surface area contributed by atoms with Gasteiger partial charge in [-0.25, -0.2) is 0 Å². The van der Waals surface area contributed by atoms with Crippen LogP contribution in [0, 0.1) is 0 Å². The quantitative estimate of drug-likeness (QED) is 0.404. The molecular weight excluding hydrogens is 352 g/mol. The number of hydrogen-bond donors (Lipinski definition) is 2. The van der Waals surface area contributed by atoms with Crippen LogP contribution in [0.2, 0.25) is 0 Å². The van der Waals surface area contributed by atoms with Gasteiger partial charge in [-0.2, -0.15) is 0 Å². The molecule has 2 rings (SSSR count). The maximum atomic E-state index is 3.77. The molecule has 0 radical (unpaired) electrons. The van der Waals surface area contributed by atoms with Crippen LogP contribution in [0.3, 0.4) is 0 Å². The molecule has 2 nitrogen and oxygen atoms in total. The maximum Gasteiger partial charge on any atom is 0.0849 e. The molecule has 0 heterocycles. The number of aryl methyl sites for hydroxylation is 2. The van der Waals surface area contributed by atoms with Crippen molar-refractivity contribution in [3.8, 4) is 0 Å². The van der Waals surface area contributed by atoms with Crippen molar-refractivity contribution in [1.82, 2.24) is 0 Å². The second kappa shape index (κ2) is 10.7. The van der Waals surface area contributed by atoms with E-state index in [1.807, 2.05) is 0 Å². The number of rotatable bonds is 10. The molecule has 160 valence electrons. The average Bonchev–Trinajstić information content (AvgIpc) is 2.72. The number of hydrogen-bond acceptors (Lipinski definition) is 2. The van der Waals surface area contributed by atoms with Crippen LogP contribution >= 0.6 is 0 Å². The summed E-state index contributed by atoms with van der Waals surface area (Å²) in [6.07, 6.45) is 4.23. The molecule has 0 aliphatic carbocycles. The lowest BCUT2D eigenvalue weighted by atomic mass is 9.91. The Kier molecular flexibility index (Phi) is 8.61. The maximum absolute atomic E-state index is 3.77. The number of benzene rings is 2.